The van der Waals surface area contributed by atoms with Crippen molar-refractivity contribution in [2.45, 2.75) is 65.0 Å². The molecule has 4 rings (SSSR count). The lowest BCUT2D eigenvalue weighted by Crippen LogP contribution is -2.47. The van der Waals surface area contributed by atoms with E-state index in [9.17, 15) is 14.7 Å². The summed E-state index contributed by atoms with van der Waals surface area (Å²) in [5.41, 5.74) is 0.238. The van der Waals surface area contributed by atoms with E-state index in [1.807, 2.05) is 39.0 Å². The molecule has 0 radical (unpaired) electrons. The van der Waals surface area contributed by atoms with Gasteiger partial charge in [0, 0.05) is 36.2 Å². The van der Waals surface area contributed by atoms with Crippen molar-refractivity contribution in [2.75, 3.05) is 24.5 Å². The Balaban J connectivity index is 1.58. The van der Waals surface area contributed by atoms with Crippen LogP contribution in [-0.2, 0) is 4.79 Å². The van der Waals surface area contributed by atoms with Gasteiger partial charge in [0.25, 0.3) is 0 Å². The van der Waals surface area contributed by atoms with Gasteiger partial charge in [-0.1, -0.05) is 17.9 Å². The summed E-state index contributed by atoms with van der Waals surface area (Å²) < 4.78 is 6.32. The molecule has 0 aromatic carbocycles. The molecule has 1 saturated carbocycles. The quantitative estimate of drug-likeness (QED) is 0.402. The van der Waals surface area contributed by atoms with Crippen molar-refractivity contribution >= 4 is 29.4 Å². The van der Waals surface area contributed by atoms with Crippen molar-refractivity contribution in [1.82, 2.24) is 9.88 Å². The Hall–Kier alpha value is -2.89. The number of ether oxygens (including phenoxy) is 1. The van der Waals surface area contributed by atoms with Gasteiger partial charge in [0.15, 0.2) is 0 Å². The van der Waals surface area contributed by atoms with Crippen LogP contribution in [0.4, 0.5) is 5.69 Å². The highest BCUT2D eigenvalue weighted by Crippen LogP contribution is 2.37. The highest BCUT2D eigenvalue weighted by atomic mass is 32.1. The number of aromatic carboxylic acids is 1. The number of thiophene rings is 1. The van der Waals surface area contributed by atoms with E-state index in [1.54, 1.807) is 17.2 Å². The molecule has 2 aromatic rings. The van der Waals surface area contributed by atoms with Gasteiger partial charge in [-0.25, -0.2) is 9.78 Å². The molecule has 3 heterocycles. The van der Waals surface area contributed by atoms with Crippen molar-refractivity contribution in [3.05, 3.63) is 40.2 Å². The maximum atomic E-state index is 12.4. The predicted molar refractivity (Wildman–Crippen MR) is 142 cm³/mol. The van der Waals surface area contributed by atoms with E-state index >= 15 is 0 Å². The molecule has 1 saturated heterocycles. The van der Waals surface area contributed by atoms with Crippen LogP contribution in [0, 0.1) is 23.2 Å². The predicted octanol–water partition coefficient (Wildman–Crippen LogP) is 4.91. The van der Waals surface area contributed by atoms with Gasteiger partial charge < -0.3 is 19.6 Å². The minimum Gasteiger partial charge on any atom is -0.477 e. The number of hydrogen-bond donors (Lipinski definition) is 1. The molecule has 7 nitrogen and oxygen atoms in total. The van der Waals surface area contributed by atoms with E-state index in [0.29, 0.717) is 16.4 Å². The zero-order valence-electron chi connectivity index (χ0n) is 21.3. The van der Waals surface area contributed by atoms with E-state index in [0.717, 1.165) is 56.6 Å². The summed E-state index contributed by atoms with van der Waals surface area (Å²) in [6.45, 7) is 9.10. The molecule has 2 aliphatic rings. The molecule has 1 amide bonds. The fourth-order valence-electron chi connectivity index (χ4n) is 5.06. The van der Waals surface area contributed by atoms with Gasteiger partial charge in [-0.05, 0) is 78.1 Å². The van der Waals surface area contributed by atoms with Gasteiger partial charge in [-0.15, -0.1) is 11.3 Å². The topological polar surface area (TPSA) is 83.0 Å². The van der Waals surface area contributed by atoms with Crippen molar-refractivity contribution in [3.8, 4) is 17.7 Å². The third-order valence-corrected chi connectivity index (χ3v) is 7.77. The molecule has 2 aromatic heterocycles. The molecule has 3 atom stereocenters. The Bertz CT molecular complexity index is 1110. The Labute approximate surface area is 217 Å². The molecule has 8 heteroatoms. The summed E-state index contributed by atoms with van der Waals surface area (Å²) in [6.07, 6.45) is 7.17. The average molecular weight is 510 g/mol. The Morgan fingerprint density at radius 2 is 2.08 bits per heavy atom. The van der Waals surface area contributed by atoms with Crippen molar-refractivity contribution < 1.29 is 19.4 Å². The summed E-state index contributed by atoms with van der Waals surface area (Å²) in [5.74, 6) is 6.06. The minimum absolute atomic E-state index is 0.000107. The maximum Gasteiger partial charge on any atom is 0.348 e. The molecule has 1 aliphatic heterocycles. The first-order chi connectivity index (χ1) is 17.2. The summed E-state index contributed by atoms with van der Waals surface area (Å²) in [5, 5.41) is 9.88. The second kappa shape index (κ2) is 11.4. The SMILES string of the molecule is CC(C)(C)C#Cc1cc(N(C=O)C2CCC(Oc3ccccn3)C(CN3CCCC3)C2)c(C(=O)O)s1. The molecular weight excluding hydrogens is 474 g/mol. The van der Waals surface area contributed by atoms with Gasteiger partial charge >= 0.3 is 5.97 Å². The summed E-state index contributed by atoms with van der Waals surface area (Å²) >= 11 is 1.13. The number of aromatic nitrogens is 1. The van der Waals surface area contributed by atoms with Crippen LogP contribution in [0.5, 0.6) is 5.88 Å². The fraction of sp³-hybridized carbons (Fsp3) is 0.536. The number of rotatable bonds is 8. The number of anilines is 1. The first-order valence-electron chi connectivity index (χ1n) is 12.7. The zero-order valence-corrected chi connectivity index (χ0v) is 22.1. The zero-order chi connectivity index (χ0) is 25.7. The van der Waals surface area contributed by atoms with Crippen molar-refractivity contribution in [2.24, 2.45) is 11.3 Å². The molecule has 192 valence electrons. The van der Waals surface area contributed by atoms with Gasteiger partial charge in [0.2, 0.25) is 12.3 Å². The molecule has 0 bridgehead atoms. The molecule has 1 aliphatic carbocycles. The van der Waals surface area contributed by atoms with Crippen LogP contribution in [-0.4, -0.2) is 59.1 Å². The van der Waals surface area contributed by atoms with Crippen molar-refractivity contribution in [3.63, 3.8) is 0 Å². The van der Waals surface area contributed by atoms with Crippen molar-refractivity contribution in [1.29, 1.82) is 0 Å². The summed E-state index contributed by atoms with van der Waals surface area (Å²) in [7, 11) is 0. The van der Waals surface area contributed by atoms with Gasteiger partial charge in [0.05, 0.1) is 10.6 Å². The number of carboxylic acids is 1. The maximum absolute atomic E-state index is 12.4. The third kappa shape index (κ3) is 6.65. The first kappa shape index (κ1) is 26.2. The number of carboxylic acid groups (broad SMARTS) is 1. The normalized spacial score (nSPS) is 22.5. The largest absolute Gasteiger partial charge is 0.477 e. The third-order valence-electron chi connectivity index (χ3n) is 6.74. The van der Waals surface area contributed by atoms with Crippen LogP contribution in [0.3, 0.4) is 0 Å². The Morgan fingerprint density at radius 1 is 1.31 bits per heavy atom. The first-order valence-corrected chi connectivity index (χ1v) is 13.5. The molecule has 3 unspecified atom stereocenters. The standard InChI is InChI=1S/C28H35N3O4S/c1-28(2,3)12-11-22-17-23(26(36-22)27(33)34)31(19-32)21-9-10-24(35-25-8-4-5-13-29-25)20(16-21)18-30-14-6-7-15-30/h4-5,8,13,17,19-21,24H,6-7,9-10,14-16,18H2,1-3H3,(H,33,34). The average Bonchev–Trinajstić information content (AvgIpc) is 3.50. The van der Waals surface area contributed by atoms with Crippen LogP contribution in [0.25, 0.3) is 0 Å². The lowest BCUT2D eigenvalue weighted by Gasteiger charge is -2.41. The highest BCUT2D eigenvalue weighted by molar-refractivity contribution is 7.15. The van der Waals surface area contributed by atoms with E-state index in [1.165, 1.54) is 12.8 Å². The number of nitrogens with zero attached hydrogens (tertiary/aromatic N) is 3. The Kier molecular flexibility index (Phi) is 8.32. The Morgan fingerprint density at radius 3 is 2.72 bits per heavy atom. The minimum atomic E-state index is -1.04. The molecule has 36 heavy (non-hydrogen) atoms. The molecular formula is C28H35N3O4S. The molecule has 2 fully saturated rings. The summed E-state index contributed by atoms with van der Waals surface area (Å²) in [4.78, 5) is 33.7. The summed E-state index contributed by atoms with van der Waals surface area (Å²) in [6, 6.07) is 7.32. The number of amides is 1. The second-order valence-corrected chi connectivity index (χ2v) is 11.8. The number of carbonyl (C=O) groups excluding carboxylic acids is 1. The van der Waals surface area contributed by atoms with Gasteiger partial charge in [-0.3, -0.25) is 4.79 Å². The van der Waals surface area contributed by atoms with E-state index < -0.39 is 5.97 Å². The van der Waals surface area contributed by atoms with Crippen LogP contribution < -0.4 is 9.64 Å². The van der Waals surface area contributed by atoms with Crippen LogP contribution in [0.2, 0.25) is 0 Å². The van der Waals surface area contributed by atoms with Crippen LogP contribution in [0.15, 0.2) is 30.5 Å². The lowest BCUT2D eigenvalue weighted by molar-refractivity contribution is -0.108. The second-order valence-electron chi connectivity index (χ2n) is 10.7. The molecule has 0 spiro atoms. The van der Waals surface area contributed by atoms with Gasteiger partial charge in [0.1, 0.15) is 11.0 Å². The number of hydrogen-bond acceptors (Lipinski definition) is 6. The number of likely N-dealkylation sites (tertiary alicyclic amines) is 1. The van der Waals surface area contributed by atoms with E-state index in [4.69, 9.17) is 4.74 Å². The van der Waals surface area contributed by atoms with E-state index in [2.05, 4.69) is 21.7 Å². The van der Waals surface area contributed by atoms with Crippen LogP contribution in [0.1, 0.15) is 67.4 Å². The van der Waals surface area contributed by atoms with E-state index in [-0.39, 0.29) is 28.4 Å². The smallest absolute Gasteiger partial charge is 0.348 e. The highest BCUT2D eigenvalue weighted by Gasteiger charge is 2.37. The fourth-order valence-corrected chi connectivity index (χ4v) is 5.91. The van der Waals surface area contributed by atoms with Gasteiger partial charge in [-0.2, -0.15) is 0 Å². The molecule has 1 N–H and O–H groups in total. The monoisotopic (exact) mass is 509 g/mol. The number of carbonyl (C=O) groups is 2. The number of pyridine rings is 1. The lowest BCUT2D eigenvalue weighted by atomic mass is 9.82. The van der Waals surface area contributed by atoms with Crippen LogP contribution >= 0.6 is 11.3 Å².